The van der Waals surface area contributed by atoms with E-state index in [2.05, 4.69) is 16.6 Å². The van der Waals surface area contributed by atoms with Crippen LogP contribution in [0.3, 0.4) is 0 Å². The van der Waals surface area contributed by atoms with Crippen molar-refractivity contribution in [1.82, 2.24) is 9.78 Å². The quantitative estimate of drug-likeness (QED) is 0.854. The van der Waals surface area contributed by atoms with Gasteiger partial charge in [-0.25, -0.2) is 0 Å². The van der Waals surface area contributed by atoms with Crippen molar-refractivity contribution in [2.45, 2.75) is 25.4 Å². The Morgan fingerprint density at radius 1 is 1.69 bits per heavy atom. The van der Waals surface area contributed by atoms with Gasteiger partial charge in [-0.15, -0.1) is 0 Å². The van der Waals surface area contributed by atoms with E-state index < -0.39 is 0 Å². The number of aromatic nitrogens is 2. The highest BCUT2D eigenvalue weighted by Crippen LogP contribution is 2.20. The summed E-state index contributed by atoms with van der Waals surface area (Å²) in [6, 6.07) is 0.610. The molecule has 1 atom stereocenters. The standard InChI is InChI=1S/C11H19N3OS/c1-15-5-4-14-8-11(7-12-14)13-10-3-2-6-16-9-10/h7-8,10,13H,2-6,9H2,1H3. The second-order valence-corrected chi connectivity index (χ2v) is 5.19. The van der Waals surface area contributed by atoms with E-state index in [1.807, 2.05) is 22.6 Å². The van der Waals surface area contributed by atoms with Crippen LogP contribution >= 0.6 is 11.8 Å². The molecule has 0 spiro atoms. The van der Waals surface area contributed by atoms with Crippen LogP contribution in [0.25, 0.3) is 0 Å². The summed E-state index contributed by atoms with van der Waals surface area (Å²) in [6.45, 7) is 1.53. The summed E-state index contributed by atoms with van der Waals surface area (Å²) in [5, 5.41) is 7.82. The van der Waals surface area contributed by atoms with Crippen LogP contribution in [0.1, 0.15) is 12.8 Å². The maximum atomic E-state index is 5.02. The molecule has 16 heavy (non-hydrogen) atoms. The van der Waals surface area contributed by atoms with Crippen molar-refractivity contribution in [3.05, 3.63) is 12.4 Å². The normalized spacial score (nSPS) is 20.9. The minimum absolute atomic E-state index is 0.610. The van der Waals surface area contributed by atoms with Crippen LogP contribution in [-0.2, 0) is 11.3 Å². The summed E-state index contributed by atoms with van der Waals surface area (Å²) >= 11 is 2.03. The Balaban J connectivity index is 1.81. The number of nitrogens with one attached hydrogen (secondary N) is 1. The molecule has 1 fully saturated rings. The van der Waals surface area contributed by atoms with Gasteiger partial charge in [-0.2, -0.15) is 16.9 Å². The predicted molar refractivity (Wildman–Crippen MR) is 68.1 cm³/mol. The first kappa shape index (κ1) is 11.8. The van der Waals surface area contributed by atoms with Crippen molar-refractivity contribution in [2.75, 3.05) is 30.5 Å². The fraction of sp³-hybridized carbons (Fsp3) is 0.727. The molecule has 90 valence electrons. The molecule has 0 aliphatic carbocycles. The van der Waals surface area contributed by atoms with Crippen molar-refractivity contribution in [3.8, 4) is 0 Å². The van der Waals surface area contributed by atoms with E-state index in [4.69, 9.17) is 4.74 Å². The predicted octanol–water partition coefficient (Wildman–Crippen LogP) is 1.84. The lowest BCUT2D eigenvalue weighted by atomic mass is 10.2. The Kier molecular flexibility index (Phi) is 4.54. The zero-order chi connectivity index (χ0) is 11.2. The largest absolute Gasteiger partial charge is 0.383 e. The van der Waals surface area contributed by atoms with Gasteiger partial charge in [0.25, 0.3) is 0 Å². The van der Waals surface area contributed by atoms with Gasteiger partial charge in [0, 0.05) is 25.1 Å². The van der Waals surface area contributed by atoms with Crippen LogP contribution < -0.4 is 5.32 Å². The molecule has 1 saturated heterocycles. The first-order chi connectivity index (χ1) is 7.88. The second-order valence-electron chi connectivity index (χ2n) is 4.04. The van der Waals surface area contributed by atoms with Gasteiger partial charge in [-0.3, -0.25) is 4.68 Å². The van der Waals surface area contributed by atoms with Gasteiger partial charge >= 0.3 is 0 Å². The minimum Gasteiger partial charge on any atom is -0.383 e. The van der Waals surface area contributed by atoms with Crippen LogP contribution in [0.5, 0.6) is 0 Å². The van der Waals surface area contributed by atoms with Gasteiger partial charge < -0.3 is 10.1 Å². The van der Waals surface area contributed by atoms with Crippen LogP contribution in [0.2, 0.25) is 0 Å². The summed E-state index contributed by atoms with van der Waals surface area (Å²) in [4.78, 5) is 0. The van der Waals surface area contributed by atoms with E-state index in [-0.39, 0.29) is 0 Å². The molecule has 1 aromatic heterocycles. The third-order valence-corrected chi connectivity index (χ3v) is 3.90. The van der Waals surface area contributed by atoms with Gasteiger partial charge in [-0.05, 0) is 18.6 Å². The smallest absolute Gasteiger partial charge is 0.0728 e. The number of methoxy groups -OCH3 is 1. The second kappa shape index (κ2) is 6.15. The zero-order valence-corrected chi connectivity index (χ0v) is 10.5. The van der Waals surface area contributed by atoms with Gasteiger partial charge in [-0.1, -0.05) is 0 Å². The van der Waals surface area contributed by atoms with Gasteiger partial charge in [0.15, 0.2) is 0 Å². The van der Waals surface area contributed by atoms with E-state index in [1.165, 1.54) is 24.3 Å². The van der Waals surface area contributed by atoms with E-state index in [0.29, 0.717) is 12.6 Å². The first-order valence-corrected chi connectivity index (χ1v) is 6.89. The molecule has 1 N–H and O–H groups in total. The molecule has 0 saturated carbocycles. The molecule has 1 aliphatic rings. The van der Waals surface area contributed by atoms with Gasteiger partial charge in [0.2, 0.25) is 0 Å². The highest BCUT2D eigenvalue weighted by Gasteiger charge is 2.13. The fourth-order valence-electron chi connectivity index (χ4n) is 1.84. The Morgan fingerprint density at radius 3 is 3.38 bits per heavy atom. The van der Waals surface area contributed by atoms with E-state index in [9.17, 15) is 0 Å². The molecule has 1 aliphatic heterocycles. The Hall–Kier alpha value is -0.680. The maximum absolute atomic E-state index is 5.02. The van der Waals surface area contributed by atoms with Crippen LogP contribution in [0.4, 0.5) is 5.69 Å². The Labute approximate surface area is 101 Å². The lowest BCUT2D eigenvalue weighted by Gasteiger charge is -2.22. The number of nitrogens with zero attached hydrogens (tertiary/aromatic N) is 2. The van der Waals surface area contributed by atoms with Gasteiger partial charge in [0.05, 0.1) is 25.0 Å². The van der Waals surface area contributed by atoms with Crippen molar-refractivity contribution >= 4 is 17.4 Å². The summed E-state index contributed by atoms with van der Waals surface area (Å²) in [6.07, 6.45) is 6.55. The molecule has 2 rings (SSSR count). The summed E-state index contributed by atoms with van der Waals surface area (Å²) < 4.78 is 6.94. The summed E-state index contributed by atoms with van der Waals surface area (Å²) in [7, 11) is 1.71. The number of ether oxygens (including phenoxy) is 1. The van der Waals surface area contributed by atoms with Crippen LogP contribution in [-0.4, -0.2) is 41.0 Å². The molecule has 0 amide bonds. The van der Waals surface area contributed by atoms with E-state index >= 15 is 0 Å². The number of rotatable bonds is 5. The first-order valence-electron chi connectivity index (χ1n) is 5.74. The SMILES string of the molecule is COCCn1cc(NC2CCCSC2)cn1. The molecular formula is C11H19N3OS. The summed E-state index contributed by atoms with van der Waals surface area (Å²) in [5.41, 5.74) is 1.13. The molecule has 1 unspecified atom stereocenters. The Bertz CT molecular complexity index is 310. The summed E-state index contributed by atoms with van der Waals surface area (Å²) in [5.74, 6) is 2.52. The van der Waals surface area contributed by atoms with Crippen LogP contribution in [0, 0.1) is 0 Å². The third kappa shape index (κ3) is 3.42. The average Bonchev–Trinajstić information content (AvgIpc) is 2.75. The third-order valence-electron chi connectivity index (χ3n) is 2.69. The number of hydrogen-bond acceptors (Lipinski definition) is 4. The monoisotopic (exact) mass is 241 g/mol. The van der Waals surface area contributed by atoms with E-state index in [1.54, 1.807) is 7.11 Å². The van der Waals surface area contributed by atoms with Crippen molar-refractivity contribution in [1.29, 1.82) is 0 Å². The molecule has 0 radical (unpaired) electrons. The molecule has 4 nitrogen and oxygen atoms in total. The fourth-order valence-corrected chi connectivity index (χ4v) is 2.91. The molecule has 5 heteroatoms. The highest BCUT2D eigenvalue weighted by molar-refractivity contribution is 7.99. The number of anilines is 1. The topological polar surface area (TPSA) is 39.1 Å². The molecule has 2 heterocycles. The minimum atomic E-state index is 0.610. The lowest BCUT2D eigenvalue weighted by Crippen LogP contribution is -2.25. The van der Waals surface area contributed by atoms with Crippen molar-refractivity contribution < 1.29 is 4.74 Å². The average molecular weight is 241 g/mol. The lowest BCUT2D eigenvalue weighted by molar-refractivity contribution is 0.183. The Morgan fingerprint density at radius 2 is 2.62 bits per heavy atom. The highest BCUT2D eigenvalue weighted by atomic mass is 32.2. The molecule has 1 aromatic rings. The van der Waals surface area contributed by atoms with E-state index in [0.717, 1.165) is 12.2 Å². The van der Waals surface area contributed by atoms with Crippen molar-refractivity contribution in [2.24, 2.45) is 0 Å². The number of thioether (sulfide) groups is 1. The van der Waals surface area contributed by atoms with Gasteiger partial charge in [0.1, 0.15) is 0 Å². The zero-order valence-electron chi connectivity index (χ0n) is 9.69. The maximum Gasteiger partial charge on any atom is 0.0728 e. The molecule has 0 aromatic carbocycles. The van der Waals surface area contributed by atoms with Crippen LogP contribution in [0.15, 0.2) is 12.4 Å². The van der Waals surface area contributed by atoms with Crippen molar-refractivity contribution in [3.63, 3.8) is 0 Å². The number of hydrogen-bond donors (Lipinski definition) is 1. The molecular weight excluding hydrogens is 222 g/mol. The molecule has 0 bridgehead atoms.